The van der Waals surface area contributed by atoms with Gasteiger partial charge in [0.05, 0.1) is 6.04 Å². The lowest BCUT2D eigenvalue weighted by Crippen LogP contribution is -2.45. The molecular weight excluding hydrogens is 132 g/mol. The van der Waals surface area contributed by atoms with Gasteiger partial charge in [-0.2, -0.15) is 0 Å². The highest BCUT2D eigenvalue weighted by atomic mass is 16.2. The third-order valence-corrected chi connectivity index (χ3v) is 1.10. The molecule has 0 aromatic rings. The van der Waals surface area contributed by atoms with E-state index >= 15 is 0 Å². The minimum atomic E-state index is -0.651. The van der Waals surface area contributed by atoms with Crippen molar-refractivity contribution in [1.29, 1.82) is 5.41 Å². The van der Waals surface area contributed by atoms with Crippen molar-refractivity contribution in [3.63, 3.8) is 0 Å². The minimum Gasteiger partial charge on any atom is -0.386 e. The highest BCUT2D eigenvalue weighted by molar-refractivity contribution is 5.87. The zero-order valence-electron chi connectivity index (χ0n) is 5.85. The molecule has 0 saturated heterocycles. The molecule has 0 aliphatic heterocycles. The maximum absolute atomic E-state index is 10.2. The van der Waals surface area contributed by atoms with Gasteiger partial charge in [0, 0.05) is 0 Å². The molecular formula is C5H12N4O. The summed E-state index contributed by atoms with van der Waals surface area (Å²) in [5.41, 5.74) is 9.91. The first kappa shape index (κ1) is 8.74. The van der Waals surface area contributed by atoms with E-state index in [9.17, 15) is 4.79 Å². The second-order valence-electron chi connectivity index (χ2n) is 1.92. The lowest BCUT2D eigenvalue weighted by molar-refractivity contribution is 0.247. The van der Waals surface area contributed by atoms with E-state index in [0.717, 1.165) is 0 Å². The van der Waals surface area contributed by atoms with Crippen LogP contribution >= 0.6 is 0 Å². The van der Waals surface area contributed by atoms with Crippen LogP contribution in [0.5, 0.6) is 0 Å². The number of hydrogen-bond acceptors (Lipinski definition) is 2. The molecule has 0 spiro atoms. The Kier molecular flexibility index (Phi) is 3.24. The zero-order valence-corrected chi connectivity index (χ0v) is 5.85. The molecule has 0 aliphatic carbocycles. The van der Waals surface area contributed by atoms with Gasteiger partial charge in [-0.15, -0.1) is 0 Å². The molecule has 5 heteroatoms. The second-order valence-corrected chi connectivity index (χ2v) is 1.92. The van der Waals surface area contributed by atoms with Gasteiger partial charge in [0.15, 0.2) is 0 Å². The van der Waals surface area contributed by atoms with E-state index in [1.54, 1.807) is 0 Å². The van der Waals surface area contributed by atoms with E-state index in [4.69, 9.17) is 16.9 Å². The molecule has 0 radical (unpaired) electrons. The maximum Gasteiger partial charge on any atom is 0.312 e. The Balaban J connectivity index is 3.83. The van der Waals surface area contributed by atoms with Gasteiger partial charge >= 0.3 is 6.03 Å². The lowest BCUT2D eigenvalue weighted by Gasteiger charge is -2.12. The summed E-state index contributed by atoms with van der Waals surface area (Å²) in [6.45, 7) is 1.81. The Labute approximate surface area is 59.3 Å². The van der Waals surface area contributed by atoms with E-state index < -0.39 is 12.1 Å². The molecule has 0 rings (SSSR count). The van der Waals surface area contributed by atoms with E-state index in [1.807, 2.05) is 6.92 Å². The van der Waals surface area contributed by atoms with Crippen LogP contribution in [0.1, 0.15) is 13.3 Å². The van der Waals surface area contributed by atoms with E-state index in [2.05, 4.69) is 5.32 Å². The number of amides is 2. The lowest BCUT2D eigenvalue weighted by atomic mass is 10.2. The van der Waals surface area contributed by atoms with Crippen LogP contribution in [0.25, 0.3) is 0 Å². The molecule has 0 heterocycles. The summed E-state index contributed by atoms with van der Waals surface area (Å²) in [6.07, 6.45) is 0.582. The van der Waals surface area contributed by atoms with Gasteiger partial charge in [-0.05, 0) is 6.42 Å². The first-order valence-electron chi connectivity index (χ1n) is 2.97. The van der Waals surface area contributed by atoms with Crippen molar-refractivity contribution in [3.8, 4) is 0 Å². The van der Waals surface area contributed by atoms with Gasteiger partial charge in [0.2, 0.25) is 0 Å². The normalized spacial score (nSPS) is 12.1. The molecule has 0 aromatic heterocycles. The summed E-state index contributed by atoms with van der Waals surface area (Å²) in [5, 5.41) is 9.27. The topological polar surface area (TPSA) is 105 Å². The van der Waals surface area contributed by atoms with Crippen LogP contribution in [0.15, 0.2) is 0 Å². The summed E-state index contributed by atoms with van der Waals surface area (Å²) >= 11 is 0. The number of primary amides is 1. The van der Waals surface area contributed by atoms with Crippen LogP contribution in [0, 0.1) is 5.41 Å². The number of amidine groups is 1. The molecule has 0 aromatic carbocycles. The van der Waals surface area contributed by atoms with Crippen LogP contribution in [-0.2, 0) is 0 Å². The summed E-state index contributed by atoms with van der Waals surface area (Å²) in [5.74, 6) is -0.0682. The van der Waals surface area contributed by atoms with Crippen LogP contribution in [-0.4, -0.2) is 17.9 Å². The number of urea groups is 1. The quantitative estimate of drug-likeness (QED) is 0.313. The number of hydrogen-bond donors (Lipinski definition) is 4. The van der Waals surface area contributed by atoms with Crippen LogP contribution in [0.2, 0.25) is 0 Å². The van der Waals surface area contributed by atoms with Gasteiger partial charge in [-0.1, -0.05) is 6.92 Å². The Morgan fingerprint density at radius 1 is 1.70 bits per heavy atom. The highest BCUT2D eigenvalue weighted by Gasteiger charge is 2.09. The van der Waals surface area contributed by atoms with Crippen molar-refractivity contribution >= 4 is 11.9 Å². The molecule has 0 bridgehead atoms. The van der Waals surface area contributed by atoms with Crippen molar-refractivity contribution < 1.29 is 4.79 Å². The predicted octanol–water partition coefficient (Wildman–Crippen LogP) is -0.631. The summed E-state index contributed by atoms with van der Waals surface area (Å²) in [7, 11) is 0. The fourth-order valence-corrected chi connectivity index (χ4v) is 0.571. The van der Waals surface area contributed by atoms with Crippen molar-refractivity contribution in [2.45, 2.75) is 19.4 Å². The fraction of sp³-hybridized carbons (Fsp3) is 0.600. The minimum absolute atomic E-state index is 0.0682. The first-order valence-corrected chi connectivity index (χ1v) is 2.97. The molecule has 58 valence electrons. The monoisotopic (exact) mass is 144 g/mol. The molecule has 1 unspecified atom stereocenters. The summed E-state index contributed by atoms with van der Waals surface area (Å²) < 4.78 is 0. The molecule has 10 heavy (non-hydrogen) atoms. The third-order valence-electron chi connectivity index (χ3n) is 1.10. The molecule has 6 N–H and O–H groups in total. The van der Waals surface area contributed by atoms with Gasteiger partial charge in [0.1, 0.15) is 5.84 Å². The zero-order chi connectivity index (χ0) is 8.15. The second kappa shape index (κ2) is 3.71. The number of carbonyl (C=O) groups excluding carboxylic acids is 1. The third kappa shape index (κ3) is 2.91. The Hall–Kier alpha value is -1.26. The Morgan fingerprint density at radius 3 is 2.30 bits per heavy atom. The van der Waals surface area contributed by atoms with Gasteiger partial charge in [0.25, 0.3) is 0 Å². The average molecular weight is 144 g/mol. The van der Waals surface area contributed by atoms with Gasteiger partial charge < -0.3 is 16.8 Å². The van der Waals surface area contributed by atoms with E-state index in [0.29, 0.717) is 6.42 Å². The Bertz CT molecular complexity index is 145. The highest BCUT2D eigenvalue weighted by Crippen LogP contribution is 1.87. The maximum atomic E-state index is 10.2. The summed E-state index contributed by atoms with van der Waals surface area (Å²) in [4.78, 5) is 10.2. The summed E-state index contributed by atoms with van der Waals surface area (Å²) in [6, 6.07) is -1.07. The number of rotatable bonds is 3. The SMILES string of the molecule is CCC(NC(N)=O)C(=N)N. The van der Waals surface area contributed by atoms with E-state index in [1.165, 1.54) is 0 Å². The average Bonchev–Trinajstić information content (AvgIpc) is 1.81. The van der Waals surface area contributed by atoms with Gasteiger partial charge in [-0.25, -0.2) is 4.79 Å². The van der Waals surface area contributed by atoms with Crippen LogP contribution < -0.4 is 16.8 Å². The number of nitrogens with two attached hydrogens (primary N) is 2. The first-order chi connectivity index (χ1) is 4.57. The van der Waals surface area contributed by atoms with Crippen molar-refractivity contribution in [2.75, 3.05) is 0 Å². The molecule has 0 fully saturated rings. The van der Waals surface area contributed by atoms with Crippen molar-refractivity contribution in [2.24, 2.45) is 11.5 Å². The molecule has 0 aliphatic rings. The molecule has 5 nitrogen and oxygen atoms in total. The largest absolute Gasteiger partial charge is 0.386 e. The standard InChI is InChI=1S/C5H12N4O/c1-2-3(4(6)7)9-5(8)10/h3H,2H2,1H3,(H3,6,7)(H3,8,9,10). The molecule has 0 saturated carbocycles. The Morgan fingerprint density at radius 2 is 2.20 bits per heavy atom. The molecule has 1 atom stereocenters. The predicted molar refractivity (Wildman–Crippen MR) is 38.7 cm³/mol. The number of nitrogens with one attached hydrogen (secondary N) is 2. The smallest absolute Gasteiger partial charge is 0.312 e. The van der Waals surface area contributed by atoms with Crippen molar-refractivity contribution in [3.05, 3.63) is 0 Å². The van der Waals surface area contributed by atoms with Crippen LogP contribution in [0.3, 0.4) is 0 Å². The number of carbonyl (C=O) groups is 1. The van der Waals surface area contributed by atoms with Crippen LogP contribution in [0.4, 0.5) is 4.79 Å². The fourth-order valence-electron chi connectivity index (χ4n) is 0.571. The van der Waals surface area contributed by atoms with Crippen molar-refractivity contribution in [1.82, 2.24) is 5.32 Å². The molecule has 2 amide bonds. The van der Waals surface area contributed by atoms with Gasteiger partial charge in [-0.3, -0.25) is 5.41 Å². The van der Waals surface area contributed by atoms with E-state index in [-0.39, 0.29) is 5.84 Å².